The fraction of sp³-hybridized carbons (Fsp3) is 0.269. The lowest BCUT2D eigenvalue weighted by molar-refractivity contribution is -0.162. The zero-order valence-electron chi connectivity index (χ0n) is 20.6. The van der Waals surface area contributed by atoms with Crippen molar-refractivity contribution in [2.24, 2.45) is 0 Å². The Bertz CT molecular complexity index is 1440. The molecule has 0 saturated carbocycles. The van der Waals surface area contributed by atoms with E-state index in [0.29, 0.717) is 11.3 Å². The number of esters is 1. The van der Waals surface area contributed by atoms with Crippen molar-refractivity contribution < 1.29 is 28.2 Å². The molecular weight excluding hydrogens is 499 g/mol. The average molecular weight is 525 g/mol. The number of rotatable bonds is 8. The van der Waals surface area contributed by atoms with Crippen LogP contribution in [0.3, 0.4) is 0 Å². The molecule has 0 aliphatic heterocycles. The van der Waals surface area contributed by atoms with Gasteiger partial charge in [-0.1, -0.05) is 6.07 Å². The van der Waals surface area contributed by atoms with E-state index >= 15 is 0 Å². The highest BCUT2D eigenvalue weighted by molar-refractivity contribution is 7.00. The zero-order valence-corrected chi connectivity index (χ0v) is 21.5. The molecule has 0 bridgehead atoms. The standard InChI is InChI=1S/C26H25FN4O5S/c1-15(25(33)36-26(2,3)4)34-17-8-7-16(20(27)12-17)14-29-23(32)19-6-5-11-28-24(19)35-18-9-10-21-22(13-18)31-37-30-21/h5-13,15H,14H2,1-4H3,(H,29,32). The molecule has 0 spiro atoms. The maximum atomic E-state index is 14.7. The summed E-state index contributed by atoms with van der Waals surface area (Å²) in [6.45, 7) is 6.69. The van der Waals surface area contributed by atoms with E-state index in [1.807, 2.05) is 0 Å². The third-order valence-electron chi connectivity index (χ3n) is 4.97. The molecule has 9 nitrogen and oxygen atoms in total. The van der Waals surface area contributed by atoms with E-state index in [0.717, 1.165) is 23.3 Å². The minimum Gasteiger partial charge on any atom is -0.479 e. The van der Waals surface area contributed by atoms with E-state index in [4.69, 9.17) is 14.2 Å². The predicted octanol–water partition coefficient (Wildman–Crippen LogP) is 5.06. The minimum absolute atomic E-state index is 0.0860. The molecule has 2 aromatic carbocycles. The number of hydrogen-bond acceptors (Lipinski definition) is 9. The molecule has 192 valence electrons. The van der Waals surface area contributed by atoms with Crippen molar-refractivity contribution >= 4 is 34.6 Å². The summed E-state index contributed by atoms with van der Waals surface area (Å²) < 4.78 is 39.6. The molecule has 0 saturated heterocycles. The summed E-state index contributed by atoms with van der Waals surface area (Å²) in [7, 11) is 0. The number of hydrogen-bond donors (Lipinski definition) is 1. The Balaban J connectivity index is 1.39. The topological polar surface area (TPSA) is 113 Å². The monoisotopic (exact) mass is 524 g/mol. The number of nitrogens with zero attached hydrogens (tertiary/aromatic N) is 3. The number of ether oxygens (including phenoxy) is 3. The first-order chi connectivity index (χ1) is 17.6. The second kappa shape index (κ2) is 10.9. The van der Waals surface area contributed by atoms with Crippen molar-refractivity contribution in [3.63, 3.8) is 0 Å². The van der Waals surface area contributed by atoms with Crippen LogP contribution in [-0.2, 0) is 16.1 Å². The SMILES string of the molecule is CC(Oc1ccc(CNC(=O)c2cccnc2Oc2ccc3nsnc3c2)c(F)c1)C(=O)OC(C)(C)C. The van der Waals surface area contributed by atoms with Gasteiger partial charge in [0.1, 0.15) is 39.5 Å². The van der Waals surface area contributed by atoms with Crippen LogP contribution >= 0.6 is 11.7 Å². The van der Waals surface area contributed by atoms with Gasteiger partial charge in [0.25, 0.3) is 5.91 Å². The Kier molecular flexibility index (Phi) is 7.63. The number of amides is 1. The molecule has 37 heavy (non-hydrogen) atoms. The van der Waals surface area contributed by atoms with Crippen LogP contribution in [0.4, 0.5) is 4.39 Å². The number of carbonyl (C=O) groups is 2. The highest BCUT2D eigenvalue weighted by Gasteiger charge is 2.23. The number of halogens is 1. The number of aromatic nitrogens is 3. The van der Waals surface area contributed by atoms with Gasteiger partial charge in [-0.05, 0) is 58.0 Å². The van der Waals surface area contributed by atoms with Crippen molar-refractivity contribution in [2.75, 3.05) is 0 Å². The van der Waals surface area contributed by atoms with Crippen molar-refractivity contribution in [3.8, 4) is 17.4 Å². The van der Waals surface area contributed by atoms with Gasteiger partial charge in [0.15, 0.2) is 6.10 Å². The highest BCUT2D eigenvalue weighted by Crippen LogP contribution is 2.26. The first kappa shape index (κ1) is 26.0. The van der Waals surface area contributed by atoms with Gasteiger partial charge in [0.2, 0.25) is 5.88 Å². The van der Waals surface area contributed by atoms with Crippen LogP contribution in [0.15, 0.2) is 54.7 Å². The Morgan fingerprint density at radius 2 is 1.81 bits per heavy atom. The second-order valence-corrected chi connectivity index (χ2v) is 9.63. The smallest absolute Gasteiger partial charge is 0.347 e. The molecule has 1 unspecified atom stereocenters. The van der Waals surface area contributed by atoms with Crippen LogP contribution in [0.25, 0.3) is 11.0 Å². The summed E-state index contributed by atoms with van der Waals surface area (Å²) >= 11 is 1.09. The Hall–Kier alpha value is -4.12. The first-order valence-electron chi connectivity index (χ1n) is 11.4. The molecular formula is C26H25FN4O5S. The molecule has 0 radical (unpaired) electrons. The third kappa shape index (κ3) is 6.76. The molecule has 0 aliphatic rings. The van der Waals surface area contributed by atoms with E-state index in [1.165, 1.54) is 25.3 Å². The molecule has 1 amide bonds. The van der Waals surface area contributed by atoms with Gasteiger partial charge in [-0.15, -0.1) is 0 Å². The van der Waals surface area contributed by atoms with Gasteiger partial charge in [-0.25, -0.2) is 14.2 Å². The summed E-state index contributed by atoms with van der Waals surface area (Å²) in [5.74, 6) is -0.916. The predicted molar refractivity (Wildman–Crippen MR) is 135 cm³/mol. The number of benzene rings is 2. The zero-order chi connectivity index (χ0) is 26.6. The lowest BCUT2D eigenvalue weighted by atomic mass is 10.2. The molecule has 1 N–H and O–H groups in total. The molecule has 4 rings (SSSR count). The molecule has 1 atom stereocenters. The van der Waals surface area contributed by atoms with Gasteiger partial charge in [0.05, 0.1) is 11.7 Å². The van der Waals surface area contributed by atoms with E-state index in [9.17, 15) is 14.0 Å². The van der Waals surface area contributed by atoms with Gasteiger partial charge < -0.3 is 19.5 Å². The van der Waals surface area contributed by atoms with Crippen LogP contribution in [0, 0.1) is 5.82 Å². The Morgan fingerprint density at radius 3 is 2.57 bits per heavy atom. The van der Waals surface area contributed by atoms with Crippen LogP contribution in [0.2, 0.25) is 0 Å². The number of pyridine rings is 1. The van der Waals surface area contributed by atoms with Crippen LogP contribution < -0.4 is 14.8 Å². The summed E-state index contributed by atoms with van der Waals surface area (Å²) in [5, 5.41) is 2.68. The molecule has 4 aromatic rings. The summed E-state index contributed by atoms with van der Waals surface area (Å²) in [5.41, 5.74) is 1.18. The lowest BCUT2D eigenvalue weighted by Gasteiger charge is -2.22. The largest absolute Gasteiger partial charge is 0.479 e. The molecule has 2 aromatic heterocycles. The van der Waals surface area contributed by atoms with Crippen molar-refractivity contribution in [3.05, 3.63) is 71.7 Å². The molecule has 11 heteroatoms. The summed E-state index contributed by atoms with van der Waals surface area (Å²) in [4.78, 5) is 29.1. The maximum Gasteiger partial charge on any atom is 0.347 e. The van der Waals surface area contributed by atoms with Gasteiger partial charge in [0, 0.05) is 30.4 Å². The third-order valence-corrected chi connectivity index (χ3v) is 5.53. The lowest BCUT2D eigenvalue weighted by Crippen LogP contribution is -2.33. The van der Waals surface area contributed by atoms with Crippen molar-refractivity contribution in [1.29, 1.82) is 0 Å². The Morgan fingerprint density at radius 1 is 1.05 bits per heavy atom. The number of nitrogens with one attached hydrogen (secondary N) is 1. The fourth-order valence-electron chi connectivity index (χ4n) is 3.23. The van der Waals surface area contributed by atoms with E-state index in [1.54, 1.807) is 51.1 Å². The van der Waals surface area contributed by atoms with Gasteiger partial charge in [-0.3, -0.25) is 4.79 Å². The molecule has 0 aliphatic carbocycles. The highest BCUT2D eigenvalue weighted by atomic mass is 32.1. The van der Waals surface area contributed by atoms with E-state index < -0.39 is 29.4 Å². The van der Waals surface area contributed by atoms with Gasteiger partial charge >= 0.3 is 5.97 Å². The average Bonchev–Trinajstić information content (AvgIpc) is 3.30. The van der Waals surface area contributed by atoms with Crippen LogP contribution in [-0.4, -0.2) is 37.3 Å². The van der Waals surface area contributed by atoms with E-state index in [2.05, 4.69) is 19.0 Å². The van der Waals surface area contributed by atoms with E-state index in [-0.39, 0.29) is 29.3 Å². The molecule has 0 fully saturated rings. The molecule has 2 heterocycles. The number of carbonyl (C=O) groups excluding carboxylic acids is 2. The Labute approximate surface area is 216 Å². The van der Waals surface area contributed by atoms with Crippen molar-refractivity contribution in [2.45, 2.75) is 45.9 Å². The normalized spacial score (nSPS) is 12.1. The summed E-state index contributed by atoms with van der Waals surface area (Å²) in [6, 6.07) is 12.5. The quantitative estimate of drug-likeness (QED) is 0.319. The van der Waals surface area contributed by atoms with Gasteiger partial charge in [-0.2, -0.15) is 8.75 Å². The summed E-state index contributed by atoms with van der Waals surface area (Å²) in [6.07, 6.45) is 0.590. The maximum absolute atomic E-state index is 14.7. The number of fused-ring (bicyclic) bond motifs is 1. The van der Waals surface area contributed by atoms with Crippen LogP contribution in [0.1, 0.15) is 43.6 Å². The second-order valence-electron chi connectivity index (χ2n) is 9.10. The fourth-order valence-corrected chi connectivity index (χ4v) is 3.75. The van der Waals surface area contributed by atoms with Crippen LogP contribution in [0.5, 0.6) is 17.4 Å². The minimum atomic E-state index is -0.916. The first-order valence-corrected chi connectivity index (χ1v) is 12.1. The van der Waals surface area contributed by atoms with Crippen molar-refractivity contribution in [1.82, 2.24) is 19.0 Å².